The highest BCUT2D eigenvalue weighted by atomic mass is 32.2. The molecule has 0 aromatic carbocycles. The van der Waals surface area contributed by atoms with Crippen LogP contribution in [0.4, 0.5) is 0 Å². The van der Waals surface area contributed by atoms with E-state index in [2.05, 4.69) is 29.4 Å². The van der Waals surface area contributed by atoms with Gasteiger partial charge >= 0.3 is 0 Å². The summed E-state index contributed by atoms with van der Waals surface area (Å²) in [4.78, 5) is 7.39. The fourth-order valence-corrected chi connectivity index (χ4v) is 5.33. The van der Waals surface area contributed by atoms with Gasteiger partial charge in [0, 0.05) is 40.4 Å². The van der Waals surface area contributed by atoms with Gasteiger partial charge in [0.25, 0.3) is 0 Å². The Hall–Kier alpha value is -0.620. The van der Waals surface area contributed by atoms with Gasteiger partial charge in [-0.25, -0.2) is 0 Å². The van der Waals surface area contributed by atoms with Crippen LogP contribution in [-0.4, -0.2) is 64.3 Å². The Morgan fingerprint density at radius 3 is 2.75 bits per heavy atom. The van der Waals surface area contributed by atoms with E-state index in [1.807, 2.05) is 6.92 Å². The Kier molecular flexibility index (Phi) is 8.53. The number of likely N-dealkylation sites (N-methyl/N-ethyl adjacent to an activating group) is 1. The summed E-state index contributed by atoms with van der Waals surface area (Å²) in [5.41, 5.74) is 0. The first-order chi connectivity index (χ1) is 11.7. The average Bonchev–Trinajstić information content (AvgIpc) is 3.07. The maximum absolute atomic E-state index is 12.1. The number of aliphatic imine (C=N–C) groups is 1. The van der Waals surface area contributed by atoms with Crippen LogP contribution in [-0.2, 0) is 10.8 Å². The number of nitrogens with one attached hydrogen (secondary N) is 2. The maximum atomic E-state index is 12.1. The summed E-state index contributed by atoms with van der Waals surface area (Å²) in [6, 6.07) is 1.00. The molecule has 2 rings (SSSR count). The Balaban J connectivity index is 1.89. The molecule has 0 bridgehead atoms. The third kappa shape index (κ3) is 5.73. The summed E-state index contributed by atoms with van der Waals surface area (Å²) in [7, 11) is -0.671. The number of guanidine groups is 1. The first kappa shape index (κ1) is 19.7. The summed E-state index contributed by atoms with van der Waals surface area (Å²) in [6.07, 6.45) is 7.00. The predicted octanol–water partition coefficient (Wildman–Crippen LogP) is 2.11. The molecule has 140 valence electrons. The van der Waals surface area contributed by atoms with Gasteiger partial charge in [-0.15, -0.1) is 0 Å². The van der Waals surface area contributed by atoms with E-state index in [4.69, 9.17) is 4.99 Å². The molecule has 0 amide bonds. The van der Waals surface area contributed by atoms with Gasteiger partial charge in [-0.2, -0.15) is 0 Å². The zero-order chi connectivity index (χ0) is 17.4. The second kappa shape index (κ2) is 10.4. The first-order valence-electron chi connectivity index (χ1n) is 9.83. The van der Waals surface area contributed by atoms with Crippen molar-refractivity contribution in [1.82, 2.24) is 15.5 Å². The van der Waals surface area contributed by atoms with Crippen molar-refractivity contribution in [2.45, 2.75) is 76.6 Å². The number of hydrogen-bond donors (Lipinski definition) is 2. The van der Waals surface area contributed by atoms with Gasteiger partial charge in [0.2, 0.25) is 0 Å². The van der Waals surface area contributed by atoms with Crippen LogP contribution in [0, 0.1) is 0 Å². The molecule has 0 spiro atoms. The summed E-state index contributed by atoms with van der Waals surface area (Å²) in [6.45, 7) is 10.5. The van der Waals surface area contributed by atoms with Crippen molar-refractivity contribution in [3.05, 3.63) is 0 Å². The monoisotopic (exact) mass is 356 g/mol. The molecule has 0 aromatic heterocycles. The van der Waals surface area contributed by atoms with Crippen molar-refractivity contribution in [2.75, 3.05) is 31.9 Å². The fourth-order valence-electron chi connectivity index (χ4n) is 3.98. The Morgan fingerprint density at radius 1 is 1.21 bits per heavy atom. The minimum atomic E-state index is -0.671. The molecule has 2 aliphatic rings. The molecule has 4 unspecified atom stereocenters. The number of nitrogens with zero attached hydrogens (tertiary/aromatic N) is 2. The molecule has 5 nitrogen and oxygen atoms in total. The first-order valence-corrected chi connectivity index (χ1v) is 11.2. The van der Waals surface area contributed by atoms with Crippen LogP contribution in [0.5, 0.6) is 0 Å². The highest BCUT2D eigenvalue weighted by Gasteiger charge is 2.26. The topological polar surface area (TPSA) is 56.7 Å². The molecule has 1 aliphatic heterocycles. The van der Waals surface area contributed by atoms with Crippen LogP contribution >= 0.6 is 0 Å². The minimum absolute atomic E-state index is 0.356. The van der Waals surface area contributed by atoms with Crippen molar-refractivity contribution < 1.29 is 4.21 Å². The van der Waals surface area contributed by atoms with E-state index in [9.17, 15) is 4.21 Å². The lowest BCUT2D eigenvalue weighted by Gasteiger charge is -2.30. The molecule has 1 heterocycles. The molecular weight excluding hydrogens is 320 g/mol. The largest absolute Gasteiger partial charge is 0.357 e. The zero-order valence-corrected chi connectivity index (χ0v) is 16.5. The van der Waals surface area contributed by atoms with Crippen molar-refractivity contribution in [2.24, 2.45) is 4.99 Å². The van der Waals surface area contributed by atoms with Gasteiger partial charge in [0.15, 0.2) is 5.96 Å². The molecule has 2 fully saturated rings. The Morgan fingerprint density at radius 2 is 2.04 bits per heavy atom. The van der Waals surface area contributed by atoms with Gasteiger partial charge in [0.1, 0.15) is 0 Å². The quantitative estimate of drug-likeness (QED) is 0.542. The second-order valence-corrected chi connectivity index (χ2v) is 8.95. The molecule has 1 saturated carbocycles. The molecule has 2 N–H and O–H groups in total. The van der Waals surface area contributed by atoms with Crippen LogP contribution < -0.4 is 10.6 Å². The summed E-state index contributed by atoms with van der Waals surface area (Å²) < 4.78 is 12.1. The third-order valence-electron chi connectivity index (χ3n) is 5.33. The van der Waals surface area contributed by atoms with Crippen LogP contribution in [0.2, 0.25) is 0 Å². The highest BCUT2D eigenvalue weighted by Crippen LogP contribution is 2.23. The number of rotatable bonds is 7. The molecule has 0 aromatic rings. The predicted molar refractivity (Wildman–Crippen MR) is 104 cm³/mol. The smallest absolute Gasteiger partial charge is 0.191 e. The molecule has 4 atom stereocenters. The SMILES string of the molecule is CCNC(=NCC1CCCN1CC)NC1CCCC(S(=O)CC)C1. The van der Waals surface area contributed by atoms with E-state index in [0.717, 1.165) is 50.6 Å². The van der Waals surface area contributed by atoms with Gasteiger partial charge in [-0.3, -0.25) is 14.1 Å². The summed E-state index contributed by atoms with van der Waals surface area (Å²) >= 11 is 0. The van der Waals surface area contributed by atoms with E-state index in [-0.39, 0.29) is 0 Å². The van der Waals surface area contributed by atoms with E-state index >= 15 is 0 Å². The van der Waals surface area contributed by atoms with E-state index in [1.165, 1.54) is 25.8 Å². The van der Waals surface area contributed by atoms with Gasteiger partial charge < -0.3 is 10.6 Å². The van der Waals surface area contributed by atoms with Crippen molar-refractivity contribution >= 4 is 16.8 Å². The summed E-state index contributed by atoms with van der Waals surface area (Å²) in [5.74, 6) is 1.72. The van der Waals surface area contributed by atoms with E-state index in [0.29, 0.717) is 17.3 Å². The van der Waals surface area contributed by atoms with Crippen LogP contribution in [0.3, 0.4) is 0 Å². The van der Waals surface area contributed by atoms with Gasteiger partial charge in [-0.1, -0.05) is 20.3 Å². The Labute approximate surface area is 150 Å². The van der Waals surface area contributed by atoms with Crippen LogP contribution in [0.1, 0.15) is 59.3 Å². The molecule has 1 saturated heterocycles. The lowest BCUT2D eigenvalue weighted by atomic mass is 9.95. The normalized spacial score (nSPS) is 30.3. The molecule has 1 aliphatic carbocycles. The second-order valence-electron chi connectivity index (χ2n) is 6.94. The Bertz CT molecular complexity index is 429. The standard InChI is InChI=1S/C18H36N4OS/c1-4-19-18(20-14-16-10-8-12-22(16)5-2)21-15-9-7-11-17(13-15)24(23)6-3/h15-17H,4-14H2,1-3H3,(H2,19,20,21). The molecule has 0 radical (unpaired) electrons. The van der Waals surface area contributed by atoms with E-state index < -0.39 is 10.8 Å². The average molecular weight is 357 g/mol. The lowest BCUT2D eigenvalue weighted by Crippen LogP contribution is -2.47. The highest BCUT2D eigenvalue weighted by molar-refractivity contribution is 7.85. The number of likely N-dealkylation sites (tertiary alicyclic amines) is 1. The number of hydrogen-bond acceptors (Lipinski definition) is 3. The summed E-state index contributed by atoms with van der Waals surface area (Å²) in [5, 5.41) is 7.35. The lowest BCUT2D eigenvalue weighted by molar-refractivity contribution is 0.272. The van der Waals surface area contributed by atoms with Crippen molar-refractivity contribution in [3.8, 4) is 0 Å². The molecule has 6 heteroatoms. The van der Waals surface area contributed by atoms with E-state index in [1.54, 1.807) is 0 Å². The van der Waals surface area contributed by atoms with Crippen molar-refractivity contribution in [1.29, 1.82) is 0 Å². The minimum Gasteiger partial charge on any atom is -0.357 e. The van der Waals surface area contributed by atoms with Crippen LogP contribution in [0.15, 0.2) is 4.99 Å². The maximum Gasteiger partial charge on any atom is 0.191 e. The van der Waals surface area contributed by atoms with Gasteiger partial charge in [0.05, 0.1) is 6.54 Å². The third-order valence-corrected chi connectivity index (χ3v) is 7.07. The molecular formula is C18H36N4OS. The van der Waals surface area contributed by atoms with Crippen molar-refractivity contribution in [3.63, 3.8) is 0 Å². The fraction of sp³-hybridized carbons (Fsp3) is 0.944. The molecule has 24 heavy (non-hydrogen) atoms. The van der Waals surface area contributed by atoms with Gasteiger partial charge in [-0.05, 0) is 52.1 Å². The van der Waals surface area contributed by atoms with Crippen LogP contribution in [0.25, 0.3) is 0 Å². The zero-order valence-electron chi connectivity index (χ0n) is 15.7.